The highest BCUT2D eigenvalue weighted by Crippen LogP contribution is 2.13. The first-order valence-corrected chi connectivity index (χ1v) is 5.23. The number of nitrogens with zero attached hydrogens (tertiary/aromatic N) is 2. The SMILES string of the molecule is S=C=Nc1ccc(CC2=NCCN2)cc1. The van der Waals surface area contributed by atoms with E-state index in [1.165, 1.54) is 5.56 Å². The van der Waals surface area contributed by atoms with Crippen LogP contribution >= 0.6 is 12.2 Å². The average Bonchev–Trinajstić information content (AvgIpc) is 2.74. The molecule has 0 fully saturated rings. The van der Waals surface area contributed by atoms with Gasteiger partial charge in [-0.1, -0.05) is 12.1 Å². The Morgan fingerprint density at radius 1 is 1.40 bits per heavy atom. The van der Waals surface area contributed by atoms with Gasteiger partial charge in [0.05, 0.1) is 17.4 Å². The molecule has 0 saturated heterocycles. The van der Waals surface area contributed by atoms with Crippen LogP contribution in [-0.2, 0) is 6.42 Å². The number of hydrogen-bond acceptors (Lipinski definition) is 4. The van der Waals surface area contributed by atoms with Crippen LogP contribution in [0.25, 0.3) is 0 Å². The van der Waals surface area contributed by atoms with Crippen molar-refractivity contribution in [3.63, 3.8) is 0 Å². The van der Waals surface area contributed by atoms with Crippen LogP contribution in [0.15, 0.2) is 34.3 Å². The average molecular weight is 217 g/mol. The topological polar surface area (TPSA) is 36.8 Å². The van der Waals surface area contributed by atoms with E-state index in [0.29, 0.717) is 0 Å². The molecule has 0 spiro atoms. The fourth-order valence-corrected chi connectivity index (χ4v) is 1.61. The Morgan fingerprint density at radius 3 is 2.80 bits per heavy atom. The fourth-order valence-electron chi connectivity index (χ4n) is 1.50. The summed E-state index contributed by atoms with van der Waals surface area (Å²) in [5.41, 5.74) is 2.07. The molecule has 1 heterocycles. The number of aliphatic imine (C=N–C) groups is 2. The van der Waals surface area contributed by atoms with Crippen molar-refractivity contribution < 1.29 is 0 Å². The maximum absolute atomic E-state index is 4.54. The Kier molecular flexibility index (Phi) is 3.22. The van der Waals surface area contributed by atoms with Gasteiger partial charge in [-0.05, 0) is 29.9 Å². The lowest BCUT2D eigenvalue weighted by atomic mass is 10.1. The van der Waals surface area contributed by atoms with E-state index >= 15 is 0 Å². The monoisotopic (exact) mass is 217 g/mol. The molecule has 0 saturated carbocycles. The summed E-state index contributed by atoms with van der Waals surface area (Å²) in [6.45, 7) is 1.85. The second kappa shape index (κ2) is 4.82. The van der Waals surface area contributed by atoms with E-state index in [-0.39, 0.29) is 0 Å². The molecule has 1 aromatic carbocycles. The second-order valence-corrected chi connectivity index (χ2v) is 3.48. The molecular formula is C11H11N3S. The van der Waals surface area contributed by atoms with Crippen molar-refractivity contribution in [2.24, 2.45) is 9.98 Å². The molecule has 0 unspecified atom stereocenters. The minimum absolute atomic E-state index is 0.843. The summed E-state index contributed by atoms with van der Waals surface area (Å²) in [5, 5.41) is 5.59. The molecule has 0 atom stereocenters. The first-order valence-electron chi connectivity index (χ1n) is 4.82. The lowest BCUT2D eigenvalue weighted by Gasteiger charge is -2.02. The highest BCUT2D eigenvalue weighted by Gasteiger charge is 2.05. The molecular weight excluding hydrogens is 206 g/mol. The van der Waals surface area contributed by atoms with Crippen molar-refractivity contribution >= 4 is 28.9 Å². The molecule has 1 aromatic rings. The Labute approximate surface area is 93.9 Å². The summed E-state index contributed by atoms with van der Waals surface area (Å²) in [4.78, 5) is 8.24. The van der Waals surface area contributed by atoms with Gasteiger partial charge >= 0.3 is 0 Å². The quantitative estimate of drug-likeness (QED) is 0.620. The summed E-state index contributed by atoms with van der Waals surface area (Å²) in [5.74, 6) is 1.07. The Hall–Kier alpha value is -1.51. The summed E-state index contributed by atoms with van der Waals surface area (Å²) in [6, 6.07) is 7.94. The summed E-state index contributed by atoms with van der Waals surface area (Å²) in [6.07, 6.45) is 0.863. The number of thiocarbonyl (C=S) groups is 1. The van der Waals surface area contributed by atoms with Crippen molar-refractivity contribution in [1.82, 2.24) is 5.32 Å². The molecule has 1 aliphatic heterocycles. The van der Waals surface area contributed by atoms with Crippen LogP contribution in [0.4, 0.5) is 5.69 Å². The molecule has 0 aromatic heterocycles. The highest BCUT2D eigenvalue weighted by atomic mass is 32.1. The maximum atomic E-state index is 4.54. The second-order valence-electron chi connectivity index (χ2n) is 3.30. The predicted octanol–water partition coefficient (Wildman–Crippen LogP) is 1.97. The smallest absolute Gasteiger partial charge is 0.101 e. The predicted molar refractivity (Wildman–Crippen MR) is 65.1 cm³/mol. The zero-order valence-corrected chi connectivity index (χ0v) is 9.05. The molecule has 1 N–H and O–H groups in total. The minimum atomic E-state index is 0.843. The van der Waals surface area contributed by atoms with Gasteiger partial charge in [0.2, 0.25) is 0 Å². The van der Waals surface area contributed by atoms with Crippen molar-refractivity contribution in [1.29, 1.82) is 0 Å². The van der Waals surface area contributed by atoms with E-state index in [1.807, 2.05) is 24.3 Å². The van der Waals surface area contributed by atoms with Crippen molar-refractivity contribution in [3.05, 3.63) is 29.8 Å². The van der Waals surface area contributed by atoms with Gasteiger partial charge < -0.3 is 5.32 Å². The van der Waals surface area contributed by atoms with Gasteiger partial charge in [0.25, 0.3) is 0 Å². The van der Waals surface area contributed by atoms with E-state index < -0.39 is 0 Å². The molecule has 0 bridgehead atoms. The normalized spacial score (nSPS) is 14.0. The van der Waals surface area contributed by atoms with Crippen molar-refractivity contribution in [3.8, 4) is 0 Å². The largest absolute Gasteiger partial charge is 0.372 e. The van der Waals surface area contributed by atoms with E-state index in [1.54, 1.807) is 0 Å². The molecule has 15 heavy (non-hydrogen) atoms. The van der Waals surface area contributed by atoms with Crippen LogP contribution in [-0.4, -0.2) is 24.1 Å². The third-order valence-electron chi connectivity index (χ3n) is 2.23. The van der Waals surface area contributed by atoms with Gasteiger partial charge in [-0.3, -0.25) is 4.99 Å². The number of rotatable bonds is 3. The van der Waals surface area contributed by atoms with Crippen LogP contribution in [0, 0.1) is 0 Å². The van der Waals surface area contributed by atoms with Gasteiger partial charge in [-0.25, -0.2) is 0 Å². The lowest BCUT2D eigenvalue weighted by Crippen LogP contribution is -2.20. The summed E-state index contributed by atoms with van der Waals surface area (Å²) in [7, 11) is 0. The molecule has 2 rings (SSSR count). The lowest BCUT2D eigenvalue weighted by molar-refractivity contribution is 0.953. The summed E-state index contributed by atoms with van der Waals surface area (Å²) < 4.78 is 0. The van der Waals surface area contributed by atoms with Gasteiger partial charge in [-0.2, -0.15) is 4.99 Å². The first-order chi connectivity index (χ1) is 7.38. The number of hydrogen-bond donors (Lipinski definition) is 1. The van der Waals surface area contributed by atoms with Crippen LogP contribution in [0.3, 0.4) is 0 Å². The third-order valence-corrected chi connectivity index (χ3v) is 2.32. The van der Waals surface area contributed by atoms with Crippen LogP contribution in [0.2, 0.25) is 0 Å². The van der Waals surface area contributed by atoms with Gasteiger partial charge in [0, 0.05) is 13.0 Å². The van der Waals surface area contributed by atoms with Crippen LogP contribution in [0.1, 0.15) is 5.56 Å². The van der Waals surface area contributed by atoms with E-state index in [2.05, 4.69) is 32.7 Å². The Balaban J connectivity index is 2.06. The number of amidine groups is 1. The molecule has 0 aliphatic carbocycles. The number of nitrogens with one attached hydrogen (secondary N) is 1. The van der Waals surface area contributed by atoms with Gasteiger partial charge in [0.15, 0.2) is 0 Å². The van der Waals surface area contributed by atoms with E-state index in [9.17, 15) is 0 Å². The zero-order chi connectivity index (χ0) is 10.5. The molecule has 76 valence electrons. The highest BCUT2D eigenvalue weighted by molar-refractivity contribution is 7.78. The van der Waals surface area contributed by atoms with E-state index in [4.69, 9.17) is 0 Å². The maximum Gasteiger partial charge on any atom is 0.101 e. The summed E-state index contributed by atoms with van der Waals surface area (Å²) >= 11 is 4.54. The van der Waals surface area contributed by atoms with E-state index in [0.717, 1.165) is 31.0 Å². The van der Waals surface area contributed by atoms with Gasteiger partial charge in [-0.15, -0.1) is 0 Å². The third kappa shape index (κ3) is 2.72. The van der Waals surface area contributed by atoms with Crippen LogP contribution in [0.5, 0.6) is 0 Å². The van der Waals surface area contributed by atoms with Gasteiger partial charge in [0.1, 0.15) is 5.84 Å². The van der Waals surface area contributed by atoms with Crippen molar-refractivity contribution in [2.45, 2.75) is 6.42 Å². The number of isothiocyanates is 1. The Morgan fingerprint density at radius 2 is 2.20 bits per heavy atom. The molecule has 0 amide bonds. The molecule has 4 heteroatoms. The number of benzene rings is 1. The minimum Gasteiger partial charge on any atom is -0.372 e. The fraction of sp³-hybridized carbons (Fsp3) is 0.273. The molecule has 1 aliphatic rings. The Bertz CT molecular complexity index is 416. The molecule has 3 nitrogen and oxygen atoms in total. The zero-order valence-electron chi connectivity index (χ0n) is 8.23. The van der Waals surface area contributed by atoms with Crippen LogP contribution < -0.4 is 5.32 Å². The standard InChI is InChI=1S/C11H11N3S/c15-8-14-10-3-1-9(2-4-10)7-11-12-5-6-13-11/h1-4H,5-7H2,(H,12,13). The molecule has 0 radical (unpaired) electrons. The van der Waals surface area contributed by atoms with Crippen molar-refractivity contribution in [2.75, 3.05) is 13.1 Å². The first kappa shape index (κ1) is 10.0.